The quantitative estimate of drug-likeness (QED) is 0.356. The fraction of sp³-hybridized carbons (Fsp3) is 0.185. The molecule has 0 atom stereocenters. The first-order valence-corrected chi connectivity index (χ1v) is 11.0. The van der Waals surface area contributed by atoms with Crippen LogP contribution in [0.2, 0.25) is 0 Å². The summed E-state index contributed by atoms with van der Waals surface area (Å²) in [5.41, 5.74) is 3.48. The molecule has 0 aliphatic heterocycles. The van der Waals surface area contributed by atoms with Crippen LogP contribution < -0.4 is 14.8 Å². The van der Waals surface area contributed by atoms with Crippen molar-refractivity contribution in [1.29, 1.82) is 0 Å². The van der Waals surface area contributed by atoms with Crippen LogP contribution >= 0.6 is 0 Å². The zero-order valence-corrected chi connectivity index (χ0v) is 18.8. The van der Waals surface area contributed by atoms with Gasteiger partial charge in [-0.05, 0) is 61.4 Å². The average Bonchev–Trinajstić information content (AvgIpc) is 3.21. The van der Waals surface area contributed by atoms with Crippen molar-refractivity contribution in [3.05, 3.63) is 96.2 Å². The van der Waals surface area contributed by atoms with Crippen molar-refractivity contribution in [3.63, 3.8) is 0 Å². The highest BCUT2D eigenvalue weighted by atomic mass is 16.5. The molecule has 0 aliphatic rings. The fourth-order valence-electron chi connectivity index (χ4n) is 3.60. The monoisotopic (exact) mass is 441 g/mol. The summed E-state index contributed by atoms with van der Waals surface area (Å²) in [5.74, 6) is 2.05. The van der Waals surface area contributed by atoms with Crippen LogP contribution in [0.1, 0.15) is 24.6 Å². The molecule has 33 heavy (non-hydrogen) atoms. The van der Waals surface area contributed by atoms with Crippen molar-refractivity contribution in [2.75, 3.05) is 12.4 Å². The van der Waals surface area contributed by atoms with Gasteiger partial charge in [0.15, 0.2) is 0 Å². The van der Waals surface area contributed by atoms with Gasteiger partial charge in [0.2, 0.25) is 11.8 Å². The molecule has 1 N–H and O–H groups in total. The number of hydrogen-bond acceptors (Lipinski definition) is 4. The summed E-state index contributed by atoms with van der Waals surface area (Å²) in [5, 5.41) is 7.78. The molecule has 0 spiro atoms. The van der Waals surface area contributed by atoms with Gasteiger partial charge in [-0.25, -0.2) is 4.68 Å². The smallest absolute Gasteiger partial charge is 0.226 e. The summed E-state index contributed by atoms with van der Waals surface area (Å²) in [6.45, 7) is 2.06. The van der Waals surface area contributed by atoms with Gasteiger partial charge in [-0.2, -0.15) is 5.10 Å². The maximum Gasteiger partial charge on any atom is 0.226 e. The third-order valence-corrected chi connectivity index (χ3v) is 5.29. The molecule has 0 radical (unpaired) electrons. The number of para-hydroxylation sites is 2. The number of ether oxygens (including phenoxy) is 2. The predicted molar refractivity (Wildman–Crippen MR) is 129 cm³/mol. The minimum atomic E-state index is -0.0499. The number of methoxy groups -OCH3 is 1. The molecule has 0 fully saturated rings. The number of nitrogens with zero attached hydrogens (tertiary/aromatic N) is 2. The zero-order valence-electron chi connectivity index (χ0n) is 18.8. The number of carbonyl (C=O) groups excluding carboxylic acids is 1. The summed E-state index contributed by atoms with van der Waals surface area (Å²) in [6, 6.07) is 26.7. The van der Waals surface area contributed by atoms with E-state index in [0.717, 1.165) is 34.8 Å². The largest absolute Gasteiger partial charge is 0.497 e. The molecule has 0 bridgehead atoms. The summed E-state index contributed by atoms with van der Waals surface area (Å²) in [4.78, 5) is 12.6. The summed E-state index contributed by atoms with van der Waals surface area (Å²) < 4.78 is 13.4. The molecular weight excluding hydrogens is 414 g/mol. The van der Waals surface area contributed by atoms with Gasteiger partial charge in [-0.1, -0.05) is 43.3 Å². The number of carbonyl (C=O) groups is 1. The average molecular weight is 442 g/mol. The number of rotatable bonds is 9. The number of nitrogens with one attached hydrogen (secondary N) is 1. The second-order valence-corrected chi connectivity index (χ2v) is 7.52. The van der Waals surface area contributed by atoms with Crippen molar-refractivity contribution in [2.24, 2.45) is 0 Å². The highest BCUT2D eigenvalue weighted by Crippen LogP contribution is 2.32. The molecule has 0 aliphatic carbocycles. The van der Waals surface area contributed by atoms with Crippen LogP contribution in [0.15, 0.2) is 84.9 Å². The number of amides is 1. The van der Waals surface area contributed by atoms with E-state index in [2.05, 4.69) is 12.2 Å². The van der Waals surface area contributed by atoms with Gasteiger partial charge in [0.05, 0.1) is 18.5 Å². The highest BCUT2D eigenvalue weighted by molar-refractivity contribution is 5.90. The minimum absolute atomic E-state index is 0.0499. The van der Waals surface area contributed by atoms with E-state index < -0.39 is 0 Å². The normalized spacial score (nSPS) is 10.6. The second kappa shape index (κ2) is 10.5. The van der Waals surface area contributed by atoms with E-state index in [0.29, 0.717) is 24.5 Å². The number of aryl methyl sites for hydroxylation is 1. The Morgan fingerprint density at radius 2 is 1.58 bits per heavy atom. The molecule has 4 aromatic rings. The van der Waals surface area contributed by atoms with Crippen LogP contribution in [0, 0.1) is 0 Å². The molecule has 0 saturated heterocycles. The predicted octanol–water partition coefficient (Wildman–Crippen LogP) is 5.81. The van der Waals surface area contributed by atoms with Crippen LogP contribution in [0.25, 0.3) is 5.69 Å². The molecule has 6 nitrogen and oxygen atoms in total. The summed E-state index contributed by atoms with van der Waals surface area (Å²) >= 11 is 0. The molecule has 1 aromatic heterocycles. The molecule has 3 aromatic carbocycles. The van der Waals surface area contributed by atoms with Gasteiger partial charge in [0, 0.05) is 17.7 Å². The lowest BCUT2D eigenvalue weighted by Crippen LogP contribution is -2.12. The Balaban J connectivity index is 1.65. The van der Waals surface area contributed by atoms with Crippen molar-refractivity contribution in [3.8, 4) is 23.1 Å². The van der Waals surface area contributed by atoms with E-state index in [1.807, 2.05) is 84.9 Å². The van der Waals surface area contributed by atoms with Crippen LogP contribution in [0.5, 0.6) is 17.4 Å². The first-order valence-electron chi connectivity index (χ1n) is 11.0. The SMILES string of the molecule is CCc1nn(-c2ccc(OC)cc2)c(Oc2ccccc2)c1CCC(=O)Nc1ccccc1. The topological polar surface area (TPSA) is 65.4 Å². The molecule has 4 rings (SSSR count). The Morgan fingerprint density at radius 3 is 2.21 bits per heavy atom. The van der Waals surface area contributed by atoms with Crippen molar-refractivity contribution >= 4 is 11.6 Å². The lowest BCUT2D eigenvalue weighted by molar-refractivity contribution is -0.116. The van der Waals surface area contributed by atoms with Gasteiger partial charge in [-0.3, -0.25) is 4.79 Å². The van der Waals surface area contributed by atoms with Crippen LogP contribution in [0.4, 0.5) is 5.69 Å². The Kier molecular flexibility index (Phi) is 7.05. The molecular formula is C27H27N3O3. The minimum Gasteiger partial charge on any atom is -0.497 e. The maximum atomic E-state index is 12.6. The Morgan fingerprint density at radius 1 is 0.909 bits per heavy atom. The Bertz CT molecular complexity index is 1190. The van der Waals surface area contributed by atoms with Crippen molar-refractivity contribution in [2.45, 2.75) is 26.2 Å². The van der Waals surface area contributed by atoms with E-state index >= 15 is 0 Å². The molecule has 1 heterocycles. The van der Waals surface area contributed by atoms with Gasteiger partial charge < -0.3 is 14.8 Å². The standard InChI is InChI=1S/C27H27N3O3/c1-3-25-24(18-19-26(31)28-20-10-6-4-7-11-20)27(33-23-12-8-5-9-13-23)30(29-25)21-14-16-22(32-2)17-15-21/h4-17H,3,18-19H2,1-2H3,(H,28,31). The van der Waals surface area contributed by atoms with Gasteiger partial charge in [0.25, 0.3) is 0 Å². The van der Waals surface area contributed by atoms with Crippen molar-refractivity contribution in [1.82, 2.24) is 9.78 Å². The van der Waals surface area contributed by atoms with E-state index in [-0.39, 0.29) is 5.91 Å². The Hall–Kier alpha value is -4.06. The van der Waals surface area contributed by atoms with Gasteiger partial charge in [0.1, 0.15) is 11.5 Å². The molecule has 1 amide bonds. The first kappa shape index (κ1) is 22.1. The summed E-state index contributed by atoms with van der Waals surface area (Å²) in [7, 11) is 1.64. The Labute approximate surface area is 193 Å². The third kappa shape index (κ3) is 5.41. The van der Waals surface area contributed by atoms with E-state index in [4.69, 9.17) is 14.6 Å². The number of anilines is 1. The van der Waals surface area contributed by atoms with E-state index in [1.54, 1.807) is 11.8 Å². The van der Waals surface area contributed by atoms with Crippen LogP contribution in [-0.4, -0.2) is 22.8 Å². The number of benzene rings is 3. The lowest BCUT2D eigenvalue weighted by atomic mass is 10.1. The zero-order chi connectivity index (χ0) is 23.0. The lowest BCUT2D eigenvalue weighted by Gasteiger charge is -2.12. The molecule has 168 valence electrons. The van der Waals surface area contributed by atoms with Gasteiger partial charge in [-0.15, -0.1) is 0 Å². The van der Waals surface area contributed by atoms with Crippen LogP contribution in [0.3, 0.4) is 0 Å². The van der Waals surface area contributed by atoms with Gasteiger partial charge >= 0.3 is 0 Å². The molecule has 0 unspecified atom stereocenters. The second-order valence-electron chi connectivity index (χ2n) is 7.52. The highest BCUT2D eigenvalue weighted by Gasteiger charge is 2.21. The molecule has 6 heteroatoms. The number of hydrogen-bond donors (Lipinski definition) is 1. The summed E-state index contributed by atoms with van der Waals surface area (Å²) in [6.07, 6.45) is 1.56. The van der Waals surface area contributed by atoms with E-state index in [1.165, 1.54) is 0 Å². The number of aromatic nitrogens is 2. The maximum absolute atomic E-state index is 12.6. The fourth-order valence-corrected chi connectivity index (χ4v) is 3.60. The third-order valence-electron chi connectivity index (χ3n) is 5.29. The molecule has 0 saturated carbocycles. The van der Waals surface area contributed by atoms with Crippen molar-refractivity contribution < 1.29 is 14.3 Å². The first-order chi connectivity index (χ1) is 16.2. The van der Waals surface area contributed by atoms with Crippen LogP contribution in [-0.2, 0) is 17.6 Å². The van der Waals surface area contributed by atoms with E-state index in [9.17, 15) is 4.79 Å².